The van der Waals surface area contributed by atoms with E-state index in [1.165, 1.54) is 32.7 Å². The summed E-state index contributed by atoms with van der Waals surface area (Å²) in [5.74, 6) is 1.70. The Kier molecular flexibility index (Phi) is 5.66. The van der Waals surface area contributed by atoms with Crippen molar-refractivity contribution in [3.8, 4) is 23.0 Å². The summed E-state index contributed by atoms with van der Waals surface area (Å²) >= 11 is 1.38. The van der Waals surface area contributed by atoms with Crippen LogP contribution in [0.3, 0.4) is 0 Å². The van der Waals surface area contributed by atoms with Crippen LogP contribution in [0.2, 0.25) is 0 Å². The van der Waals surface area contributed by atoms with Gasteiger partial charge in [0, 0.05) is 5.56 Å². The molecule has 3 rings (SSSR count). The van der Waals surface area contributed by atoms with Crippen LogP contribution in [0.25, 0.3) is 10.2 Å². The highest BCUT2D eigenvalue weighted by Gasteiger charge is 2.18. The van der Waals surface area contributed by atoms with Crippen LogP contribution < -0.4 is 24.3 Å². The molecule has 0 saturated carbocycles. The quantitative estimate of drug-likeness (QED) is 0.660. The first-order chi connectivity index (χ1) is 13.1. The molecule has 0 radical (unpaired) electrons. The van der Waals surface area contributed by atoms with Gasteiger partial charge in [-0.2, -0.15) is 0 Å². The average molecular weight is 388 g/mol. The van der Waals surface area contributed by atoms with Gasteiger partial charge >= 0.3 is 0 Å². The zero-order valence-corrected chi connectivity index (χ0v) is 16.3. The highest BCUT2D eigenvalue weighted by molar-refractivity contribution is 7.22. The third-order valence-corrected chi connectivity index (χ3v) is 4.75. The Hall–Kier alpha value is -3.00. The summed E-state index contributed by atoms with van der Waals surface area (Å²) in [5.41, 5.74) is 1.17. The minimum absolute atomic E-state index is 0.321. The number of hydrogen-bond acceptors (Lipinski definition) is 7. The van der Waals surface area contributed by atoms with Gasteiger partial charge in [0.15, 0.2) is 16.6 Å². The molecule has 0 aliphatic rings. The molecule has 7 nitrogen and oxygen atoms in total. The van der Waals surface area contributed by atoms with E-state index in [-0.39, 0.29) is 5.91 Å². The maximum absolute atomic E-state index is 12.7. The number of nitrogens with one attached hydrogen (secondary N) is 1. The summed E-state index contributed by atoms with van der Waals surface area (Å²) in [4.78, 5) is 17.1. The molecular formula is C19H20N2O5S. The molecule has 0 unspecified atom stereocenters. The van der Waals surface area contributed by atoms with Gasteiger partial charge in [0.2, 0.25) is 5.75 Å². The summed E-state index contributed by atoms with van der Waals surface area (Å²) in [7, 11) is 4.52. The molecule has 27 heavy (non-hydrogen) atoms. The van der Waals surface area contributed by atoms with Gasteiger partial charge in [0.1, 0.15) is 5.75 Å². The van der Waals surface area contributed by atoms with E-state index in [9.17, 15) is 4.79 Å². The molecule has 0 bridgehead atoms. The highest BCUT2D eigenvalue weighted by Crippen LogP contribution is 2.38. The van der Waals surface area contributed by atoms with Crippen LogP contribution in [0.15, 0.2) is 30.3 Å². The van der Waals surface area contributed by atoms with E-state index in [0.717, 1.165) is 16.0 Å². The van der Waals surface area contributed by atoms with Crippen LogP contribution in [0.4, 0.5) is 5.13 Å². The maximum atomic E-state index is 12.7. The first-order valence-corrected chi connectivity index (χ1v) is 9.06. The molecule has 1 aromatic heterocycles. The molecular weight excluding hydrogens is 368 g/mol. The predicted molar refractivity (Wildman–Crippen MR) is 105 cm³/mol. The van der Waals surface area contributed by atoms with Crippen molar-refractivity contribution in [2.45, 2.75) is 6.92 Å². The lowest BCUT2D eigenvalue weighted by molar-refractivity contribution is 0.102. The van der Waals surface area contributed by atoms with Gasteiger partial charge < -0.3 is 18.9 Å². The number of rotatable bonds is 7. The first kappa shape index (κ1) is 18.8. The Morgan fingerprint density at radius 3 is 2.37 bits per heavy atom. The van der Waals surface area contributed by atoms with Crippen LogP contribution in [-0.2, 0) is 0 Å². The van der Waals surface area contributed by atoms with Gasteiger partial charge in [-0.1, -0.05) is 11.3 Å². The Morgan fingerprint density at radius 1 is 1.07 bits per heavy atom. The molecule has 1 heterocycles. The largest absolute Gasteiger partial charge is 0.494 e. The number of thiazole rings is 1. The van der Waals surface area contributed by atoms with Crippen molar-refractivity contribution in [2.75, 3.05) is 33.3 Å². The Bertz CT molecular complexity index is 945. The van der Waals surface area contributed by atoms with Gasteiger partial charge in [-0.3, -0.25) is 10.1 Å². The molecule has 3 aromatic rings. The van der Waals surface area contributed by atoms with Crippen molar-refractivity contribution < 1.29 is 23.7 Å². The summed E-state index contributed by atoms with van der Waals surface area (Å²) < 4.78 is 22.3. The number of carbonyl (C=O) groups excluding carboxylic acids is 1. The van der Waals surface area contributed by atoms with Crippen LogP contribution >= 0.6 is 11.3 Å². The summed E-state index contributed by atoms with van der Waals surface area (Å²) in [6.45, 7) is 2.52. The van der Waals surface area contributed by atoms with E-state index in [0.29, 0.717) is 34.6 Å². The van der Waals surface area contributed by atoms with E-state index in [1.54, 1.807) is 12.1 Å². The minimum Gasteiger partial charge on any atom is -0.494 e. The summed E-state index contributed by atoms with van der Waals surface area (Å²) in [6.07, 6.45) is 0. The second-order valence-electron chi connectivity index (χ2n) is 5.45. The van der Waals surface area contributed by atoms with E-state index in [2.05, 4.69) is 10.3 Å². The molecule has 1 N–H and O–H groups in total. The first-order valence-electron chi connectivity index (χ1n) is 8.24. The number of anilines is 1. The highest BCUT2D eigenvalue weighted by atomic mass is 32.1. The number of methoxy groups -OCH3 is 3. The van der Waals surface area contributed by atoms with Crippen molar-refractivity contribution in [3.63, 3.8) is 0 Å². The van der Waals surface area contributed by atoms with Gasteiger partial charge in [0.25, 0.3) is 5.91 Å². The molecule has 8 heteroatoms. The molecule has 2 aromatic carbocycles. The van der Waals surface area contributed by atoms with Crippen molar-refractivity contribution in [2.24, 2.45) is 0 Å². The topological polar surface area (TPSA) is 78.9 Å². The number of carbonyl (C=O) groups is 1. The molecule has 0 atom stereocenters. The third-order valence-electron chi connectivity index (χ3n) is 3.82. The van der Waals surface area contributed by atoms with Crippen molar-refractivity contribution in [1.82, 2.24) is 4.98 Å². The number of benzene rings is 2. The molecule has 0 aliphatic carbocycles. The van der Waals surface area contributed by atoms with E-state index >= 15 is 0 Å². The number of nitrogens with zero attached hydrogens (tertiary/aromatic N) is 1. The lowest BCUT2D eigenvalue weighted by Gasteiger charge is -2.13. The number of amides is 1. The molecule has 0 fully saturated rings. The average Bonchev–Trinajstić information content (AvgIpc) is 3.08. The summed E-state index contributed by atoms with van der Waals surface area (Å²) in [6, 6.07) is 8.82. The monoisotopic (exact) mass is 388 g/mol. The zero-order chi connectivity index (χ0) is 19.4. The lowest BCUT2D eigenvalue weighted by atomic mass is 10.1. The van der Waals surface area contributed by atoms with Gasteiger partial charge in [-0.15, -0.1) is 0 Å². The zero-order valence-electron chi connectivity index (χ0n) is 15.5. The van der Waals surface area contributed by atoms with Crippen LogP contribution in [-0.4, -0.2) is 38.8 Å². The summed E-state index contributed by atoms with van der Waals surface area (Å²) in [5, 5.41) is 3.31. The fourth-order valence-corrected chi connectivity index (χ4v) is 3.49. The molecule has 142 valence electrons. The van der Waals surface area contributed by atoms with Crippen molar-refractivity contribution in [1.29, 1.82) is 0 Å². The van der Waals surface area contributed by atoms with Crippen molar-refractivity contribution >= 4 is 32.6 Å². The molecule has 0 spiro atoms. The molecule has 0 saturated heterocycles. The second-order valence-corrected chi connectivity index (χ2v) is 6.48. The van der Waals surface area contributed by atoms with Gasteiger partial charge in [-0.25, -0.2) is 4.98 Å². The fourth-order valence-electron chi connectivity index (χ4n) is 2.60. The van der Waals surface area contributed by atoms with Gasteiger partial charge in [0.05, 0.1) is 38.2 Å². The second kappa shape index (κ2) is 8.13. The minimum atomic E-state index is -0.321. The number of aromatic nitrogens is 1. The van der Waals surface area contributed by atoms with E-state index in [1.807, 2.05) is 25.1 Å². The van der Waals surface area contributed by atoms with Crippen LogP contribution in [0.5, 0.6) is 23.0 Å². The number of hydrogen-bond donors (Lipinski definition) is 1. The van der Waals surface area contributed by atoms with Crippen molar-refractivity contribution in [3.05, 3.63) is 35.9 Å². The predicted octanol–water partition coefficient (Wildman–Crippen LogP) is 3.97. The fraction of sp³-hybridized carbons (Fsp3) is 0.263. The lowest BCUT2D eigenvalue weighted by Crippen LogP contribution is -2.12. The third kappa shape index (κ3) is 3.90. The maximum Gasteiger partial charge on any atom is 0.257 e. The Labute approximate surface area is 160 Å². The SMILES string of the molecule is CCOc1ccc2nc(NC(=O)c3cc(OC)c(OC)c(OC)c3)sc2c1. The normalized spacial score (nSPS) is 10.5. The smallest absolute Gasteiger partial charge is 0.257 e. The van der Waals surface area contributed by atoms with Crippen LogP contribution in [0, 0.1) is 0 Å². The molecule has 0 aliphatic heterocycles. The number of fused-ring (bicyclic) bond motifs is 1. The Morgan fingerprint density at radius 2 is 1.78 bits per heavy atom. The standard InChI is InChI=1S/C19H20N2O5S/c1-5-26-12-6-7-13-16(10-12)27-19(20-13)21-18(22)11-8-14(23-2)17(25-4)15(9-11)24-3/h6-10H,5H2,1-4H3,(H,20,21,22). The Balaban J connectivity index is 1.87. The van der Waals surface area contributed by atoms with E-state index in [4.69, 9.17) is 18.9 Å². The van der Waals surface area contributed by atoms with E-state index < -0.39 is 0 Å². The van der Waals surface area contributed by atoms with Gasteiger partial charge in [-0.05, 0) is 37.3 Å². The number of ether oxygens (including phenoxy) is 4. The van der Waals surface area contributed by atoms with Crippen LogP contribution in [0.1, 0.15) is 17.3 Å². The molecule has 1 amide bonds.